The van der Waals surface area contributed by atoms with E-state index >= 15 is 0 Å². The molecule has 372 valence electrons. The molecule has 0 heterocycles. The summed E-state index contributed by atoms with van der Waals surface area (Å²) in [6, 6.07) is 59.3. The first-order valence-corrected chi connectivity index (χ1v) is 30.5. The maximum Gasteiger partial charge on any atom is 0.261 e. The third-order valence-electron chi connectivity index (χ3n) is 14.3. The lowest BCUT2D eigenvalue weighted by molar-refractivity contribution is -0.117. The van der Waals surface area contributed by atoms with Crippen LogP contribution >= 0.6 is 11.8 Å². The van der Waals surface area contributed by atoms with E-state index in [2.05, 4.69) is 264 Å². The number of allylic oxidation sites excluding steroid dienone is 3. The molecule has 6 aromatic rings. The molecule has 7 heteroatoms. The predicted molar refractivity (Wildman–Crippen MR) is 310 cm³/mol. The van der Waals surface area contributed by atoms with Gasteiger partial charge in [0, 0.05) is 30.1 Å². The number of carbonyl (C=O) groups is 1. The Morgan fingerprint density at radius 2 is 0.944 bits per heavy atom. The Morgan fingerprint density at radius 1 is 0.549 bits per heavy atom. The minimum absolute atomic E-state index is 0.114. The molecule has 6 aromatic carbocycles. The molecule has 0 amide bonds. The quantitative estimate of drug-likeness (QED) is 0.0756. The van der Waals surface area contributed by atoms with Crippen molar-refractivity contribution in [1.82, 2.24) is 0 Å². The molecule has 0 fully saturated rings. The van der Waals surface area contributed by atoms with Crippen molar-refractivity contribution in [1.29, 1.82) is 0 Å². The Hall–Kier alpha value is -5.03. The molecule has 1 aliphatic rings. The average molecular weight is 999 g/mol. The van der Waals surface area contributed by atoms with Crippen LogP contribution in [0.5, 0.6) is 0 Å². The smallest absolute Gasteiger partial charge is 0.261 e. The van der Waals surface area contributed by atoms with E-state index in [1.165, 1.54) is 36.8 Å². The van der Waals surface area contributed by atoms with E-state index in [4.69, 9.17) is 8.85 Å². The van der Waals surface area contributed by atoms with E-state index in [0.29, 0.717) is 44.6 Å². The van der Waals surface area contributed by atoms with Gasteiger partial charge in [-0.15, -0.1) is 0 Å². The molecule has 0 radical (unpaired) electrons. The van der Waals surface area contributed by atoms with Crippen LogP contribution in [0.15, 0.2) is 185 Å². The van der Waals surface area contributed by atoms with Gasteiger partial charge in [-0.25, -0.2) is 0 Å². The van der Waals surface area contributed by atoms with Crippen molar-refractivity contribution in [2.75, 3.05) is 31.2 Å². The second-order valence-electron chi connectivity index (χ2n) is 22.9. The largest absolute Gasteiger partial charge is 0.406 e. The van der Waals surface area contributed by atoms with Crippen molar-refractivity contribution in [2.24, 2.45) is 5.41 Å². The number of ketones is 1. The van der Waals surface area contributed by atoms with Gasteiger partial charge in [-0.05, 0) is 88.9 Å². The first-order valence-electron chi connectivity index (χ1n) is 25.9. The number of nitrogens with zero attached hydrogens (tertiary/aromatic N) is 1. The highest BCUT2D eigenvalue weighted by atomic mass is 32.2. The van der Waals surface area contributed by atoms with Crippen LogP contribution in [0.2, 0.25) is 10.1 Å². The van der Waals surface area contributed by atoms with Gasteiger partial charge in [-0.1, -0.05) is 259 Å². The maximum absolute atomic E-state index is 14.1. The Bertz CT molecular complexity index is 2520. The van der Waals surface area contributed by atoms with Gasteiger partial charge in [0.1, 0.15) is 0 Å². The van der Waals surface area contributed by atoms with E-state index in [9.17, 15) is 4.79 Å². The van der Waals surface area contributed by atoms with Crippen molar-refractivity contribution in [2.45, 2.75) is 123 Å². The Morgan fingerprint density at radius 3 is 1.31 bits per heavy atom. The monoisotopic (exact) mass is 998 g/mol. The number of Topliss-reactive ketones (excluding diaryl/α,β-unsaturated/α-hetero) is 1. The fourth-order valence-electron chi connectivity index (χ4n) is 10.8. The molecule has 0 N–H and O–H groups in total. The normalized spacial score (nSPS) is 14.8. The second-order valence-corrected chi connectivity index (χ2v) is 32.5. The topological polar surface area (TPSA) is 38.8 Å². The third kappa shape index (κ3) is 12.1. The minimum atomic E-state index is -2.78. The first-order chi connectivity index (χ1) is 33.8. The van der Waals surface area contributed by atoms with Gasteiger partial charge in [0.05, 0.1) is 18.1 Å². The van der Waals surface area contributed by atoms with Crippen LogP contribution in [0.1, 0.15) is 124 Å². The van der Waals surface area contributed by atoms with Crippen molar-refractivity contribution < 1.29 is 13.6 Å². The van der Waals surface area contributed by atoms with E-state index < -0.39 is 16.6 Å². The molecule has 0 saturated carbocycles. The lowest BCUT2D eigenvalue weighted by Gasteiger charge is -2.44. The van der Waals surface area contributed by atoms with Crippen molar-refractivity contribution in [3.05, 3.63) is 197 Å². The molecule has 0 bridgehead atoms. The van der Waals surface area contributed by atoms with Gasteiger partial charge < -0.3 is 13.8 Å². The summed E-state index contributed by atoms with van der Waals surface area (Å²) in [5.74, 6) is 0.952. The number of rotatable bonds is 19. The average Bonchev–Trinajstić information content (AvgIpc) is 3.34. The standard InChI is InChI=1S/C64H79NO3SSi2/c1-48(2)57-34-25-35-58(49(3)4)61(57)69-60-51(46-64(11,12)47-59(60)66)39-36-50-37-40-52(41-38-50)65(42-44-67-70(62(5,6)7,53-26-17-13-18-27-53)54-28-19-14-20-29-54)43-45-68-71(63(8,9)10,55-30-21-15-22-31-55)56-32-23-16-24-33-56/h13-41,48-49H,42-47H2,1-12H3/b39-36+. The van der Waals surface area contributed by atoms with Gasteiger partial charge in [-0.2, -0.15) is 0 Å². The lowest BCUT2D eigenvalue weighted by Crippen LogP contribution is -2.67. The summed E-state index contributed by atoms with van der Waals surface area (Å²) in [4.78, 5) is 18.7. The van der Waals surface area contributed by atoms with Gasteiger partial charge in [-0.3, -0.25) is 4.79 Å². The van der Waals surface area contributed by atoms with E-state index in [1.54, 1.807) is 11.8 Å². The second kappa shape index (κ2) is 22.8. The Balaban J connectivity index is 1.23. The fourth-order valence-corrected chi connectivity index (χ4v) is 21.4. The van der Waals surface area contributed by atoms with Crippen LogP contribution in [-0.2, 0) is 13.6 Å². The Labute approximate surface area is 434 Å². The summed E-state index contributed by atoms with van der Waals surface area (Å²) in [5.41, 5.74) is 5.84. The van der Waals surface area contributed by atoms with E-state index in [1.807, 2.05) is 0 Å². The highest BCUT2D eigenvalue weighted by Gasteiger charge is 2.51. The number of hydrogen-bond acceptors (Lipinski definition) is 5. The maximum atomic E-state index is 14.1. The minimum Gasteiger partial charge on any atom is -0.406 e. The lowest BCUT2D eigenvalue weighted by atomic mass is 9.76. The van der Waals surface area contributed by atoms with Crippen LogP contribution in [0.3, 0.4) is 0 Å². The molecule has 1 aliphatic carbocycles. The Kier molecular flexibility index (Phi) is 17.3. The summed E-state index contributed by atoms with van der Waals surface area (Å²) in [5, 5.41) is 4.84. The zero-order valence-electron chi connectivity index (χ0n) is 44.7. The predicted octanol–water partition coefficient (Wildman–Crippen LogP) is 14.3. The van der Waals surface area contributed by atoms with E-state index in [0.717, 1.165) is 28.1 Å². The molecular weight excluding hydrogens is 919 g/mol. The molecule has 0 aromatic heterocycles. The summed E-state index contributed by atoms with van der Waals surface area (Å²) in [7, 11) is -5.56. The summed E-state index contributed by atoms with van der Waals surface area (Å²) >= 11 is 1.70. The number of anilines is 1. The zero-order valence-corrected chi connectivity index (χ0v) is 47.5. The number of carbonyl (C=O) groups excluding carboxylic acids is 1. The molecule has 0 saturated heterocycles. The molecular formula is C64H79NO3SSi2. The van der Waals surface area contributed by atoms with Crippen molar-refractivity contribution >= 4 is 66.7 Å². The van der Waals surface area contributed by atoms with Gasteiger partial charge in [0.15, 0.2) is 5.78 Å². The highest BCUT2D eigenvalue weighted by molar-refractivity contribution is 8.04. The van der Waals surface area contributed by atoms with Crippen molar-refractivity contribution in [3.63, 3.8) is 0 Å². The molecule has 4 nitrogen and oxygen atoms in total. The van der Waals surface area contributed by atoms with Gasteiger partial charge >= 0.3 is 0 Å². The summed E-state index contributed by atoms with van der Waals surface area (Å²) in [6.45, 7) is 30.0. The van der Waals surface area contributed by atoms with Crippen LogP contribution in [0, 0.1) is 5.41 Å². The number of thioether (sulfide) groups is 1. The molecule has 0 atom stereocenters. The van der Waals surface area contributed by atoms with E-state index in [-0.39, 0.29) is 21.3 Å². The first kappa shape index (κ1) is 53.8. The van der Waals surface area contributed by atoms with Crippen LogP contribution < -0.4 is 25.6 Å². The third-order valence-corrected chi connectivity index (χ3v) is 25.8. The van der Waals surface area contributed by atoms with Crippen LogP contribution in [0.25, 0.3) is 6.08 Å². The molecule has 7 rings (SSSR count). The van der Waals surface area contributed by atoms with Gasteiger partial charge in [0.25, 0.3) is 16.6 Å². The fraction of sp³-hybridized carbons (Fsp3) is 0.359. The SMILES string of the molecule is CC(C)c1cccc(C(C)C)c1SC1=C(/C=C/c2ccc(N(CCO[Si](c3ccccc3)(c3ccccc3)C(C)(C)C)CCO[Si](c3ccccc3)(c3ccccc3)C(C)(C)C)cc2)CC(C)(C)CC1=O. The molecule has 71 heavy (non-hydrogen) atoms. The highest BCUT2D eigenvalue weighted by Crippen LogP contribution is 2.47. The molecule has 0 spiro atoms. The van der Waals surface area contributed by atoms with Crippen LogP contribution in [-0.4, -0.2) is 48.7 Å². The van der Waals surface area contributed by atoms with Crippen LogP contribution in [0.4, 0.5) is 5.69 Å². The summed E-state index contributed by atoms with van der Waals surface area (Å²) in [6.07, 6.45) is 5.82. The molecule has 0 aliphatic heterocycles. The van der Waals surface area contributed by atoms with Crippen molar-refractivity contribution in [3.8, 4) is 0 Å². The van der Waals surface area contributed by atoms with Gasteiger partial charge in [0.2, 0.25) is 0 Å². The summed E-state index contributed by atoms with van der Waals surface area (Å²) < 4.78 is 15.1. The number of benzene rings is 6. The zero-order chi connectivity index (χ0) is 51.0. The molecule has 0 unspecified atom stereocenters. The number of hydrogen-bond donors (Lipinski definition) is 0.